The lowest BCUT2D eigenvalue weighted by Crippen LogP contribution is -2.22. The minimum atomic E-state index is -5.56. The van der Waals surface area contributed by atoms with E-state index in [9.17, 15) is 41.3 Å². The standard InChI is InChI=1S/C10H6F6N2O5/c1-2-22-8(19)5-3-4(9(11,12)13)6(18(20)21)7(17-5)23-10(14,15)16/h3H,2H2,1H3. The molecular formula is C10H6F6N2O5. The SMILES string of the molecule is CCOC(=O)c1cc(C(F)(F)F)c([N+](=O)[O-])c(OC(F)(F)F)n1. The van der Waals surface area contributed by atoms with Gasteiger partial charge in [-0.3, -0.25) is 10.1 Å². The Morgan fingerprint density at radius 2 is 1.87 bits per heavy atom. The van der Waals surface area contributed by atoms with E-state index in [0.29, 0.717) is 0 Å². The molecule has 0 N–H and O–H groups in total. The molecule has 0 bridgehead atoms. The highest BCUT2D eigenvalue weighted by molar-refractivity contribution is 5.88. The molecule has 0 aliphatic rings. The van der Waals surface area contributed by atoms with Crippen LogP contribution >= 0.6 is 0 Å². The quantitative estimate of drug-likeness (QED) is 0.359. The first-order chi connectivity index (χ1) is 10.4. The van der Waals surface area contributed by atoms with Crippen LogP contribution in [0.3, 0.4) is 0 Å². The van der Waals surface area contributed by atoms with Gasteiger partial charge < -0.3 is 9.47 Å². The minimum absolute atomic E-state index is 0.0840. The normalized spacial score (nSPS) is 12.0. The fourth-order valence-corrected chi connectivity index (χ4v) is 1.40. The van der Waals surface area contributed by atoms with Crippen LogP contribution in [0.25, 0.3) is 0 Å². The number of nitrogens with zero attached hydrogens (tertiary/aromatic N) is 2. The molecule has 1 aromatic rings. The van der Waals surface area contributed by atoms with Crippen molar-refractivity contribution < 1.29 is 45.5 Å². The molecule has 13 heteroatoms. The molecule has 0 aromatic carbocycles. The van der Waals surface area contributed by atoms with E-state index in [1.165, 1.54) is 6.92 Å². The number of carbonyl (C=O) groups is 1. The summed E-state index contributed by atoms with van der Waals surface area (Å²) in [4.78, 5) is 23.1. The maximum absolute atomic E-state index is 12.8. The second-order valence-electron chi connectivity index (χ2n) is 3.73. The maximum Gasteiger partial charge on any atom is 0.574 e. The van der Waals surface area contributed by atoms with Gasteiger partial charge in [-0.1, -0.05) is 0 Å². The molecule has 0 aliphatic heterocycles. The highest BCUT2D eigenvalue weighted by Gasteiger charge is 2.45. The minimum Gasteiger partial charge on any atom is -0.461 e. The summed E-state index contributed by atoms with van der Waals surface area (Å²) < 4.78 is 82.6. The topological polar surface area (TPSA) is 91.6 Å². The van der Waals surface area contributed by atoms with Gasteiger partial charge in [0.15, 0.2) is 5.69 Å². The Labute approximate surface area is 123 Å². The lowest BCUT2D eigenvalue weighted by atomic mass is 10.1. The molecule has 1 heterocycles. The molecule has 0 aliphatic carbocycles. The smallest absolute Gasteiger partial charge is 0.461 e. The molecule has 1 aromatic heterocycles. The molecule has 7 nitrogen and oxygen atoms in total. The van der Waals surface area contributed by atoms with E-state index in [1.54, 1.807) is 0 Å². The van der Waals surface area contributed by atoms with Crippen molar-refractivity contribution in [3.05, 3.63) is 27.4 Å². The Morgan fingerprint density at radius 3 is 2.26 bits per heavy atom. The number of aromatic nitrogens is 1. The van der Waals surface area contributed by atoms with Crippen molar-refractivity contribution in [3.8, 4) is 5.88 Å². The van der Waals surface area contributed by atoms with Crippen molar-refractivity contribution in [3.63, 3.8) is 0 Å². The fraction of sp³-hybridized carbons (Fsp3) is 0.400. The van der Waals surface area contributed by atoms with Gasteiger partial charge in [0.2, 0.25) is 0 Å². The number of alkyl halides is 6. The molecule has 0 saturated heterocycles. The Morgan fingerprint density at radius 1 is 1.30 bits per heavy atom. The summed E-state index contributed by atoms with van der Waals surface area (Å²) in [7, 11) is 0. The van der Waals surface area contributed by atoms with Crippen LogP contribution in [0, 0.1) is 10.1 Å². The zero-order chi connectivity index (χ0) is 18.0. The van der Waals surface area contributed by atoms with Crippen molar-refractivity contribution in [2.75, 3.05) is 6.61 Å². The van der Waals surface area contributed by atoms with E-state index in [-0.39, 0.29) is 12.7 Å². The molecule has 0 amide bonds. The van der Waals surface area contributed by atoms with Crippen molar-refractivity contribution in [2.45, 2.75) is 19.5 Å². The molecule has 0 spiro atoms. The van der Waals surface area contributed by atoms with Crippen molar-refractivity contribution in [1.82, 2.24) is 4.98 Å². The van der Waals surface area contributed by atoms with Crippen molar-refractivity contribution in [2.24, 2.45) is 0 Å². The predicted octanol–water partition coefficient (Wildman–Crippen LogP) is 3.08. The maximum atomic E-state index is 12.8. The van der Waals surface area contributed by atoms with E-state index < -0.39 is 46.3 Å². The number of hydrogen-bond donors (Lipinski definition) is 0. The van der Waals surface area contributed by atoms with Gasteiger partial charge in [0.25, 0.3) is 0 Å². The van der Waals surface area contributed by atoms with Crippen LogP contribution in [0.15, 0.2) is 6.07 Å². The Hall–Kier alpha value is -2.60. The van der Waals surface area contributed by atoms with E-state index in [4.69, 9.17) is 0 Å². The molecule has 23 heavy (non-hydrogen) atoms. The zero-order valence-electron chi connectivity index (χ0n) is 11.0. The Kier molecular flexibility index (Phi) is 5.02. The van der Waals surface area contributed by atoms with E-state index in [1.807, 2.05) is 0 Å². The molecule has 128 valence electrons. The average molecular weight is 348 g/mol. The molecule has 0 atom stereocenters. The number of esters is 1. The monoisotopic (exact) mass is 348 g/mol. The van der Waals surface area contributed by atoms with Gasteiger partial charge in [-0.05, 0) is 13.0 Å². The molecular weight excluding hydrogens is 342 g/mol. The largest absolute Gasteiger partial charge is 0.574 e. The summed E-state index contributed by atoms with van der Waals surface area (Å²) in [6, 6.07) is -0.0840. The van der Waals surface area contributed by atoms with Gasteiger partial charge in [-0.2, -0.15) is 18.2 Å². The summed E-state index contributed by atoms with van der Waals surface area (Å²) >= 11 is 0. The third kappa shape index (κ3) is 4.69. The number of rotatable bonds is 4. The van der Waals surface area contributed by atoms with Crippen LogP contribution < -0.4 is 4.74 Å². The number of pyridine rings is 1. The summed E-state index contributed by atoms with van der Waals surface area (Å²) in [5, 5.41) is 10.7. The lowest BCUT2D eigenvalue weighted by molar-refractivity contribution is -0.392. The lowest BCUT2D eigenvalue weighted by Gasteiger charge is -2.13. The van der Waals surface area contributed by atoms with Crippen LogP contribution in [0.5, 0.6) is 5.88 Å². The van der Waals surface area contributed by atoms with Crippen molar-refractivity contribution >= 4 is 11.7 Å². The number of ether oxygens (including phenoxy) is 2. The van der Waals surface area contributed by atoms with Crippen molar-refractivity contribution in [1.29, 1.82) is 0 Å². The number of halogens is 6. The van der Waals surface area contributed by atoms with Gasteiger partial charge in [-0.25, -0.2) is 4.79 Å². The summed E-state index contributed by atoms with van der Waals surface area (Å²) in [6.07, 6.45) is -11.0. The first-order valence-corrected chi connectivity index (χ1v) is 5.56. The Balaban J connectivity index is 3.65. The molecule has 1 rings (SSSR count). The first kappa shape index (κ1) is 18.4. The number of hydrogen-bond acceptors (Lipinski definition) is 6. The average Bonchev–Trinajstić information content (AvgIpc) is 2.34. The predicted molar refractivity (Wildman–Crippen MR) is 58.5 cm³/mol. The summed E-state index contributed by atoms with van der Waals surface area (Å²) in [6.45, 7) is 0.968. The van der Waals surface area contributed by atoms with Gasteiger partial charge in [0.05, 0.1) is 11.5 Å². The third-order valence-corrected chi connectivity index (χ3v) is 2.15. The first-order valence-electron chi connectivity index (χ1n) is 5.56. The third-order valence-electron chi connectivity index (χ3n) is 2.15. The van der Waals surface area contributed by atoms with E-state index in [0.717, 1.165) is 0 Å². The highest BCUT2D eigenvalue weighted by Crippen LogP contribution is 2.42. The van der Waals surface area contributed by atoms with E-state index >= 15 is 0 Å². The second-order valence-corrected chi connectivity index (χ2v) is 3.73. The fourth-order valence-electron chi connectivity index (χ4n) is 1.40. The zero-order valence-corrected chi connectivity index (χ0v) is 11.0. The molecule has 0 fully saturated rings. The molecule has 0 radical (unpaired) electrons. The highest BCUT2D eigenvalue weighted by atomic mass is 19.4. The molecule has 0 saturated carbocycles. The second kappa shape index (κ2) is 6.26. The number of nitro groups is 1. The van der Waals surface area contributed by atoms with Gasteiger partial charge >= 0.3 is 30.1 Å². The van der Waals surface area contributed by atoms with Crippen LogP contribution in [-0.4, -0.2) is 28.8 Å². The van der Waals surface area contributed by atoms with Gasteiger partial charge in [0.1, 0.15) is 5.56 Å². The van der Waals surface area contributed by atoms with Gasteiger partial charge in [-0.15, -0.1) is 13.2 Å². The summed E-state index contributed by atoms with van der Waals surface area (Å²) in [5.41, 5.74) is -5.41. The Bertz CT molecular complexity index is 627. The van der Waals surface area contributed by atoms with Crippen LogP contribution in [-0.2, 0) is 10.9 Å². The van der Waals surface area contributed by atoms with Crippen LogP contribution in [0.2, 0.25) is 0 Å². The number of carbonyl (C=O) groups excluding carboxylic acids is 1. The van der Waals surface area contributed by atoms with Gasteiger partial charge in [0, 0.05) is 0 Å². The van der Waals surface area contributed by atoms with Crippen LogP contribution in [0.1, 0.15) is 23.0 Å². The van der Waals surface area contributed by atoms with Crippen LogP contribution in [0.4, 0.5) is 32.0 Å². The molecule has 0 unspecified atom stereocenters. The summed E-state index contributed by atoms with van der Waals surface area (Å²) in [5.74, 6) is -3.51. The van der Waals surface area contributed by atoms with E-state index in [2.05, 4.69) is 14.5 Å².